The third-order valence-electron chi connectivity index (χ3n) is 2.16. The van der Waals surface area contributed by atoms with Gasteiger partial charge in [-0.2, -0.15) is 0 Å². The van der Waals surface area contributed by atoms with E-state index in [4.69, 9.17) is 4.74 Å². The zero-order valence-corrected chi connectivity index (χ0v) is 7.66. The second-order valence-corrected chi connectivity index (χ2v) is 3.14. The summed E-state index contributed by atoms with van der Waals surface area (Å²) in [5.41, 5.74) is 0. The number of hydrogen-bond donors (Lipinski definition) is 1. The summed E-state index contributed by atoms with van der Waals surface area (Å²) in [6.07, 6.45) is 3.80. The summed E-state index contributed by atoms with van der Waals surface area (Å²) in [5.74, 6) is 0.0271. The minimum absolute atomic E-state index is 0.0382. The van der Waals surface area contributed by atoms with Crippen LogP contribution < -0.4 is 5.32 Å². The first-order chi connectivity index (χ1) is 6.27. The van der Waals surface area contributed by atoms with Crippen LogP contribution in [0, 0.1) is 5.92 Å². The summed E-state index contributed by atoms with van der Waals surface area (Å²) < 4.78 is 5.29. The van der Waals surface area contributed by atoms with Gasteiger partial charge in [-0.3, -0.25) is 4.79 Å². The van der Waals surface area contributed by atoms with Gasteiger partial charge in [0.15, 0.2) is 5.78 Å². The Morgan fingerprint density at radius 3 is 2.85 bits per heavy atom. The van der Waals surface area contributed by atoms with Crippen molar-refractivity contribution in [1.82, 2.24) is 5.32 Å². The standard InChI is InChI=1S/C10H15NO2/c1-3-10(12)8-5-9(11-4-2)7-13-6-8/h3-4,8-9,11H,1-2,5-7H2. The van der Waals surface area contributed by atoms with Crippen LogP contribution in [0.5, 0.6) is 0 Å². The van der Waals surface area contributed by atoms with Crippen LogP contribution in [0.1, 0.15) is 6.42 Å². The van der Waals surface area contributed by atoms with E-state index in [1.54, 1.807) is 6.20 Å². The summed E-state index contributed by atoms with van der Waals surface area (Å²) in [4.78, 5) is 11.3. The molecule has 3 heteroatoms. The average Bonchev–Trinajstić information content (AvgIpc) is 2.18. The van der Waals surface area contributed by atoms with Gasteiger partial charge in [-0.15, -0.1) is 0 Å². The predicted octanol–water partition coefficient (Wildman–Crippen LogP) is 0.880. The summed E-state index contributed by atoms with van der Waals surface area (Å²) in [7, 11) is 0. The summed E-state index contributed by atoms with van der Waals surface area (Å²) in [5, 5.41) is 3.05. The molecule has 2 unspecified atom stereocenters. The van der Waals surface area contributed by atoms with Crippen molar-refractivity contribution in [3.8, 4) is 0 Å². The van der Waals surface area contributed by atoms with Crippen LogP contribution in [-0.2, 0) is 9.53 Å². The normalized spacial score (nSPS) is 27.7. The number of ether oxygens (including phenoxy) is 1. The first-order valence-corrected chi connectivity index (χ1v) is 4.39. The Bertz CT molecular complexity index is 213. The molecule has 0 aromatic rings. The van der Waals surface area contributed by atoms with Gasteiger partial charge >= 0.3 is 0 Å². The molecule has 0 aliphatic carbocycles. The topological polar surface area (TPSA) is 38.3 Å². The molecule has 1 saturated heterocycles. The molecule has 0 spiro atoms. The van der Waals surface area contributed by atoms with Crippen molar-refractivity contribution < 1.29 is 9.53 Å². The molecule has 1 heterocycles. The highest BCUT2D eigenvalue weighted by Gasteiger charge is 2.25. The van der Waals surface area contributed by atoms with Gasteiger partial charge in [0.25, 0.3) is 0 Å². The highest BCUT2D eigenvalue weighted by Crippen LogP contribution is 2.15. The van der Waals surface area contributed by atoms with Crippen LogP contribution in [0.15, 0.2) is 25.4 Å². The maximum atomic E-state index is 11.3. The number of carbonyl (C=O) groups excluding carboxylic acids is 1. The molecule has 13 heavy (non-hydrogen) atoms. The Hall–Kier alpha value is -1.09. The molecule has 72 valence electrons. The van der Waals surface area contributed by atoms with Gasteiger partial charge in [0.05, 0.1) is 13.2 Å². The molecule has 2 atom stereocenters. The Morgan fingerprint density at radius 1 is 1.46 bits per heavy atom. The molecular formula is C10H15NO2. The number of allylic oxidation sites excluding steroid dienone is 1. The van der Waals surface area contributed by atoms with Gasteiger partial charge in [-0.05, 0) is 18.7 Å². The number of ketones is 1. The van der Waals surface area contributed by atoms with Crippen LogP contribution in [0.4, 0.5) is 0 Å². The highest BCUT2D eigenvalue weighted by atomic mass is 16.5. The summed E-state index contributed by atoms with van der Waals surface area (Å²) in [6.45, 7) is 8.19. The SMILES string of the molecule is C=CNC1COCC(C(=O)C=C)C1. The van der Waals surface area contributed by atoms with Gasteiger partial charge in [0.1, 0.15) is 0 Å². The van der Waals surface area contributed by atoms with E-state index >= 15 is 0 Å². The number of hydrogen-bond acceptors (Lipinski definition) is 3. The minimum atomic E-state index is -0.0382. The molecule has 0 bridgehead atoms. The lowest BCUT2D eigenvalue weighted by atomic mass is 9.94. The van der Waals surface area contributed by atoms with Crippen molar-refractivity contribution in [2.24, 2.45) is 5.92 Å². The number of nitrogens with one attached hydrogen (secondary N) is 1. The minimum Gasteiger partial charge on any atom is -0.386 e. The van der Waals surface area contributed by atoms with Crippen molar-refractivity contribution >= 4 is 5.78 Å². The van der Waals surface area contributed by atoms with Crippen molar-refractivity contribution in [2.45, 2.75) is 12.5 Å². The van der Waals surface area contributed by atoms with Gasteiger partial charge in [-0.25, -0.2) is 0 Å². The van der Waals surface area contributed by atoms with Crippen LogP contribution in [-0.4, -0.2) is 25.0 Å². The largest absolute Gasteiger partial charge is 0.386 e. The zero-order chi connectivity index (χ0) is 9.68. The molecule has 1 aliphatic rings. The van der Waals surface area contributed by atoms with Crippen LogP contribution in [0.2, 0.25) is 0 Å². The second kappa shape index (κ2) is 4.82. The van der Waals surface area contributed by atoms with E-state index in [1.165, 1.54) is 6.08 Å². The van der Waals surface area contributed by atoms with E-state index in [-0.39, 0.29) is 17.7 Å². The van der Waals surface area contributed by atoms with Gasteiger partial charge < -0.3 is 10.1 Å². The Balaban J connectivity index is 2.45. The second-order valence-electron chi connectivity index (χ2n) is 3.14. The molecule has 1 rings (SSSR count). The molecule has 1 N–H and O–H groups in total. The molecular weight excluding hydrogens is 166 g/mol. The quantitative estimate of drug-likeness (QED) is 0.654. The van der Waals surface area contributed by atoms with Crippen molar-refractivity contribution in [2.75, 3.05) is 13.2 Å². The zero-order valence-electron chi connectivity index (χ0n) is 7.66. The first-order valence-electron chi connectivity index (χ1n) is 4.39. The molecule has 0 radical (unpaired) electrons. The molecule has 1 aliphatic heterocycles. The van der Waals surface area contributed by atoms with Crippen LogP contribution in [0.3, 0.4) is 0 Å². The molecule has 1 fully saturated rings. The third-order valence-corrected chi connectivity index (χ3v) is 2.16. The molecule has 0 aromatic heterocycles. The van der Waals surface area contributed by atoms with Crippen molar-refractivity contribution in [3.63, 3.8) is 0 Å². The highest BCUT2D eigenvalue weighted by molar-refractivity contribution is 5.91. The average molecular weight is 181 g/mol. The van der Waals surface area contributed by atoms with E-state index < -0.39 is 0 Å². The lowest BCUT2D eigenvalue weighted by molar-refractivity contribution is -0.122. The van der Waals surface area contributed by atoms with Gasteiger partial charge in [0.2, 0.25) is 0 Å². The van der Waals surface area contributed by atoms with Gasteiger partial charge in [0, 0.05) is 12.0 Å². The van der Waals surface area contributed by atoms with E-state index in [2.05, 4.69) is 18.5 Å². The molecule has 0 saturated carbocycles. The van der Waals surface area contributed by atoms with Crippen LogP contribution in [0.25, 0.3) is 0 Å². The van der Waals surface area contributed by atoms with E-state index in [9.17, 15) is 4.79 Å². The Labute approximate surface area is 78.5 Å². The van der Waals surface area contributed by atoms with E-state index in [0.29, 0.717) is 13.2 Å². The Kier molecular flexibility index (Phi) is 3.71. The number of carbonyl (C=O) groups is 1. The fourth-order valence-corrected chi connectivity index (χ4v) is 1.48. The van der Waals surface area contributed by atoms with Crippen molar-refractivity contribution in [1.29, 1.82) is 0 Å². The summed E-state index contributed by atoms with van der Waals surface area (Å²) >= 11 is 0. The van der Waals surface area contributed by atoms with Crippen LogP contribution >= 0.6 is 0 Å². The summed E-state index contributed by atoms with van der Waals surface area (Å²) in [6, 6.07) is 0.208. The molecule has 3 nitrogen and oxygen atoms in total. The fourth-order valence-electron chi connectivity index (χ4n) is 1.48. The van der Waals surface area contributed by atoms with Gasteiger partial charge in [-0.1, -0.05) is 13.2 Å². The fraction of sp³-hybridized carbons (Fsp3) is 0.500. The molecule has 0 amide bonds. The Morgan fingerprint density at radius 2 is 2.23 bits per heavy atom. The lowest BCUT2D eigenvalue weighted by Crippen LogP contribution is -2.40. The van der Waals surface area contributed by atoms with Crippen molar-refractivity contribution in [3.05, 3.63) is 25.4 Å². The van der Waals surface area contributed by atoms with E-state index in [0.717, 1.165) is 6.42 Å². The maximum Gasteiger partial charge on any atom is 0.160 e. The predicted molar refractivity (Wildman–Crippen MR) is 51.3 cm³/mol. The first kappa shape index (κ1) is 9.99. The smallest absolute Gasteiger partial charge is 0.160 e. The van der Waals surface area contributed by atoms with E-state index in [1.807, 2.05) is 0 Å². The lowest BCUT2D eigenvalue weighted by Gasteiger charge is -2.27. The molecule has 0 aromatic carbocycles. The monoisotopic (exact) mass is 181 g/mol. The third kappa shape index (κ3) is 2.70. The number of rotatable bonds is 4. The maximum absolute atomic E-state index is 11.3.